The molecule has 1 N–H and O–H groups in total. The van der Waals surface area contributed by atoms with Gasteiger partial charge in [0.05, 0.1) is 6.26 Å². The Labute approximate surface area is 156 Å². The summed E-state index contributed by atoms with van der Waals surface area (Å²) in [5, 5.41) is 3.33. The van der Waals surface area contributed by atoms with Crippen molar-refractivity contribution in [2.24, 2.45) is 17.8 Å². The van der Waals surface area contributed by atoms with Gasteiger partial charge >= 0.3 is 0 Å². The highest BCUT2D eigenvalue weighted by molar-refractivity contribution is 7.88. The molecular weight excluding hydrogens is 348 g/mol. The van der Waals surface area contributed by atoms with E-state index >= 15 is 0 Å². The van der Waals surface area contributed by atoms with Crippen molar-refractivity contribution in [1.29, 1.82) is 0 Å². The fraction of sp³-hybridized carbons (Fsp3) is 0.650. The minimum atomic E-state index is -3.49. The average Bonchev–Trinajstić information content (AvgIpc) is 2.53. The first-order chi connectivity index (χ1) is 12.3. The van der Waals surface area contributed by atoms with E-state index < -0.39 is 16.1 Å². The Morgan fingerprint density at radius 2 is 1.58 bits per heavy atom. The topological polar surface area (TPSA) is 66.5 Å². The number of amides is 1. The van der Waals surface area contributed by atoms with Gasteiger partial charge in [-0.3, -0.25) is 4.79 Å². The number of hydrogen-bond acceptors (Lipinski definition) is 3. The van der Waals surface area contributed by atoms with Gasteiger partial charge in [0.1, 0.15) is 6.04 Å². The molecular formula is C20H28N2O3S. The molecule has 4 aliphatic carbocycles. The molecule has 26 heavy (non-hydrogen) atoms. The number of carbonyl (C=O) groups excluding carboxylic acids is 1. The van der Waals surface area contributed by atoms with Gasteiger partial charge in [0.15, 0.2) is 0 Å². The number of benzene rings is 1. The zero-order chi connectivity index (χ0) is 18.5. The second kappa shape index (κ2) is 6.34. The number of nitrogens with one attached hydrogen (secondary N) is 1. The van der Waals surface area contributed by atoms with E-state index in [0.29, 0.717) is 5.56 Å². The van der Waals surface area contributed by atoms with Gasteiger partial charge in [-0.15, -0.1) is 0 Å². The van der Waals surface area contributed by atoms with Crippen LogP contribution < -0.4 is 5.32 Å². The monoisotopic (exact) mass is 376 g/mol. The Morgan fingerprint density at radius 1 is 1.08 bits per heavy atom. The lowest BCUT2D eigenvalue weighted by molar-refractivity contribution is -0.130. The quantitative estimate of drug-likeness (QED) is 0.859. The number of carbonyl (C=O) groups is 1. The summed E-state index contributed by atoms with van der Waals surface area (Å²) < 4.78 is 25.5. The Balaban J connectivity index is 1.61. The van der Waals surface area contributed by atoms with Gasteiger partial charge in [-0.1, -0.05) is 30.3 Å². The van der Waals surface area contributed by atoms with Gasteiger partial charge in [0.2, 0.25) is 15.9 Å². The van der Waals surface area contributed by atoms with E-state index in [9.17, 15) is 13.2 Å². The van der Waals surface area contributed by atoms with Crippen LogP contribution in [-0.2, 0) is 14.8 Å². The van der Waals surface area contributed by atoms with E-state index in [2.05, 4.69) is 5.32 Å². The zero-order valence-electron chi connectivity index (χ0n) is 15.5. The van der Waals surface area contributed by atoms with Crippen LogP contribution in [-0.4, -0.2) is 37.5 Å². The Kier molecular flexibility index (Phi) is 4.39. The second-order valence-corrected chi connectivity index (χ2v) is 10.8. The summed E-state index contributed by atoms with van der Waals surface area (Å²) in [6.07, 6.45) is 8.22. The fourth-order valence-electron chi connectivity index (χ4n) is 5.95. The molecule has 1 aromatic rings. The number of sulfonamides is 1. The second-order valence-electron chi connectivity index (χ2n) is 8.78. The maximum Gasteiger partial charge on any atom is 0.243 e. The number of hydrogen-bond donors (Lipinski definition) is 1. The van der Waals surface area contributed by atoms with Crippen LogP contribution in [0.4, 0.5) is 0 Å². The van der Waals surface area contributed by atoms with Crippen molar-refractivity contribution in [2.75, 3.05) is 13.3 Å². The SMILES string of the molecule is CN(C(C(=O)NC12CC3CC(CC(C3)C1)C2)c1ccccc1)S(C)(=O)=O. The molecule has 4 saturated carbocycles. The summed E-state index contributed by atoms with van der Waals surface area (Å²) in [4.78, 5) is 13.3. The smallest absolute Gasteiger partial charge is 0.243 e. The molecule has 4 bridgehead atoms. The summed E-state index contributed by atoms with van der Waals surface area (Å²) in [6, 6.07) is 8.39. The van der Waals surface area contributed by atoms with Crippen molar-refractivity contribution < 1.29 is 13.2 Å². The van der Waals surface area contributed by atoms with Crippen molar-refractivity contribution in [3.05, 3.63) is 35.9 Å². The highest BCUT2D eigenvalue weighted by Gasteiger charge is 2.52. The van der Waals surface area contributed by atoms with Crippen LogP contribution in [0.15, 0.2) is 30.3 Å². The zero-order valence-corrected chi connectivity index (χ0v) is 16.3. The third-order valence-electron chi connectivity index (χ3n) is 6.68. The van der Waals surface area contributed by atoms with E-state index in [0.717, 1.165) is 43.3 Å². The van der Waals surface area contributed by atoms with E-state index in [4.69, 9.17) is 0 Å². The molecule has 1 atom stereocenters. The summed E-state index contributed by atoms with van der Waals surface area (Å²) in [5.74, 6) is 1.99. The third-order valence-corrected chi connectivity index (χ3v) is 7.93. The lowest BCUT2D eigenvalue weighted by Crippen LogP contribution is -2.61. The van der Waals surface area contributed by atoms with E-state index in [1.807, 2.05) is 30.3 Å². The largest absolute Gasteiger partial charge is 0.349 e. The molecule has 5 rings (SSSR count). The first-order valence-electron chi connectivity index (χ1n) is 9.56. The molecule has 6 heteroatoms. The molecule has 0 aliphatic heterocycles. The van der Waals surface area contributed by atoms with Gasteiger partial charge in [-0.25, -0.2) is 8.42 Å². The van der Waals surface area contributed by atoms with Gasteiger partial charge in [-0.2, -0.15) is 4.31 Å². The Hall–Kier alpha value is -1.40. The molecule has 0 spiro atoms. The molecule has 0 aromatic heterocycles. The van der Waals surface area contributed by atoms with Gasteiger partial charge in [0, 0.05) is 12.6 Å². The molecule has 0 heterocycles. The lowest BCUT2D eigenvalue weighted by Gasteiger charge is -2.57. The summed E-state index contributed by atoms with van der Waals surface area (Å²) in [5.41, 5.74) is 0.583. The van der Waals surface area contributed by atoms with Gasteiger partial charge in [0.25, 0.3) is 0 Å². The molecule has 0 saturated heterocycles. The highest BCUT2D eigenvalue weighted by Crippen LogP contribution is 2.55. The number of rotatable bonds is 5. The van der Waals surface area contributed by atoms with Crippen LogP contribution in [0.3, 0.4) is 0 Å². The molecule has 1 amide bonds. The molecule has 1 aromatic carbocycles. The first kappa shape index (κ1) is 18.0. The molecule has 142 valence electrons. The molecule has 0 radical (unpaired) electrons. The molecule has 5 nitrogen and oxygen atoms in total. The summed E-state index contributed by atoms with van der Waals surface area (Å²) >= 11 is 0. The predicted octanol–water partition coefficient (Wildman–Crippen LogP) is 2.70. The average molecular weight is 377 g/mol. The standard InChI is InChI=1S/C20H28N2O3S/c1-22(26(2,24)25)18(17-6-4-3-5-7-17)19(23)21-20-11-14-8-15(12-20)10-16(9-14)13-20/h3-7,14-16,18H,8-13H2,1-2H3,(H,21,23). The lowest BCUT2D eigenvalue weighted by atomic mass is 9.53. The van der Waals surface area contributed by atoms with Crippen LogP contribution in [0.25, 0.3) is 0 Å². The van der Waals surface area contributed by atoms with Crippen molar-refractivity contribution in [1.82, 2.24) is 9.62 Å². The number of nitrogens with zero attached hydrogens (tertiary/aromatic N) is 1. The van der Waals surface area contributed by atoms with Crippen molar-refractivity contribution >= 4 is 15.9 Å². The van der Waals surface area contributed by atoms with Crippen LogP contribution >= 0.6 is 0 Å². The minimum absolute atomic E-state index is 0.128. The number of likely N-dealkylation sites (N-methyl/N-ethyl adjacent to an activating group) is 1. The maximum atomic E-state index is 13.3. The summed E-state index contributed by atoms with van der Waals surface area (Å²) in [6.45, 7) is 0. The molecule has 1 unspecified atom stereocenters. The van der Waals surface area contributed by atoms with Crippen LogP contribution in [0.1, 0.15) is 50.1 Å². The predicted molar refractivity (Wildman–Crippen MR) is 101 cm³/mol. The van der Waals surface area contributed by atoms with E-state index in [-0.39, 0.29) is 11.4 Å². The van der Waals surface area contributed by atoms with Gasteiger partial charge in [-0.05, 0) is 61.8 Å². The first-order valence-corrected chi connectivity index (χ1v) is 11.4. The maximum absolute atomic E-state index is 13.3. The third kappa shape index (κ3) is 3.29. The highest BCUT2D eigenvalue weighted by atomic mass is 32.2. The minimum Gasteiger partial charge on any atom is -0.349 e. The Bertz CT molecular complexity index is 755. The normalized spacial score (nSPS) is 34.0. The van der Waals surface area contributed by atoms with Gasteiger partial charge < -0.3 is 5.32 Å². The van der Waals surface area contributed by atoms with E-state index in [1.165, 1.54) is 30.6 Å². The Morgan fingerprint density at radius 3 is 2.04 bits per heavy atom. The molecule has 4 fully saturated rings. The van der Waals surface area contributed by atoms with Crippen molar-refractivity contribution in [3.8, 4) is 0 Å². The van der Waals surface area contributed by atoms with Crippen LogP contribution in [0, 0.1) is 17.8 Å². The fourth-order valence-corrected chi connectivity index (χ4v) is 6.55. The summed E-state index contributed by atoms with van der Waals surface area (Å²) in [7, 11) is -2.00. The van der Waals surface area contributed by atoms with Crippen LogP contribution in [0.2, 0.25) is 0 Å². The van der Waals surface area contributed by atoms with Crippen LogP contribution in [0.5, 0.6) is 0 Å². The van der Waals surface area contributed by atoms with Crippen molar-refractivity contribution in [3.63, 3.8) is 0 Å². The molecule has 4 aliphatic rings. The van der Waals surface area contributed by atoms with E-state index in [1.54, 1.807) is 0 Å². The van der Waals surface area contributed by atoms with Crippen molar-refractivity contribution in [2.45, 2.75) is 50.1 Å².